The van der Waals surface area contributed by atoms with E-state index in [4.69, 9.17) is 4.42 Å². The number of oxazole rings is 1. The Kier molecular flexibility index (Phi) is 7.89. The number of rotatable bonds is 10. The van der Waals surface area contributed by atoms with Gasteiger partial charge in [0.05, 0.1) is 12.1 Å². The molecule has 0 saturated heterocycles. The van der Waals surface area contributed by atoms with Crippen molar-refractivity contribution < 1.29 is 19.1 Å². The highest BCUT2D eigenvalue weighted by atomic mass is 16.4. The lowest BCUT2D eigenvalue weighted by molar-refractivity contribution is 0.0953. The molecule has 0 aliphatic carbocycles. The average Bonchev–Trinajstić information content (AvgIpc) is 3.09. The van der Waals surface area contributed by atoms with E-state index in [1.807, 2.05) is 32.0 Å². The molecule has 0 aliphatic heterocycles. The van der Waals surface area contributed by atoms with E-state index in [1.54, 1.807) is 36.4 Å². The Hall–Kier alpha value is -3.59. The first kappa shape index (κ1) is 24.1. The van der Waals surface area contributed by atoms with Crippen LogP contribution in [0.2, 0.25) is 0 Å². The van der Waals surface area contributed by atoms with Crippen LogP contribution in [0.4, 0.5) is 10.5 Å². The van der Waals surface area contributed by atoms with Crippen molar-refractivity contribution in [2.45, 2.75) is 26.3 Å². The Morgan fingerprint density at radius 2 is 1.91 bits per heavy atom. The standard InChI is InChI=1S/C24H30N4O5/c1-4-11-25-22(29)18-9-10-21-20(15-18)28(24(32)33-21)16-17-7-5-8-19(14-17)27(23(30)31)13-6-12-26(2)3/h5,7-10,14-15H,4,6,11-13,16H2,1-3H3,(H,25,29)(H,30,31). The Balaban J connectivity index is 1.87. The summed E-state index contributed by atoms with van der Waals surface area (Å²) in [6.07, 6.45) is 0.487. The summed E-state index contributed by atoms with van der Waals surface area (Å²) in [4.78, 5) is 40.0. The fraction of sp³-hybridized carbons (Fsp3) is 0.375. The third-order valence-corrected chi connectivity index (χ3v) is 5.25. The lowest BCUT2D eigenvalue weighted by atomic mass is 10.1. The van der Waals surface area contributed by atoms with Crippen LogP contribution in [0, 0.1) is 0 Å². The number of benzene rings is 2. The van der Waals surface area contributed by atoms with Crippen LogP contribution >= 0.6 is 0 Å². The maximum Gasteiger partial charge on any atom is 0.420 e. The van der Waals surface area contributed by atoms with Gasteiger partial charge in [-0.3, -0.25) is 14.3 Å². The van der Waals surface area contributed by atoms with Crippen molar-refractivity contribution in [1.82, 2.24) is 14.8 Å². The van der Waals surface area contributed by atoms with Crippen molar-refractivity contribution in [2.24, 2.45) is 0 Å². The smallest absolute Gasteiger partial charge is 0.420 e. The Labute approximate surface area is 192 Å². The second-order valence-electron chi connectivity index (χ2n) is 8.15. The van der Waals surface area contributed by atoms with Crippen molar-refractivity contribution in [3.63, 3.8) is 0 Å². The molecule has 0 atom stereocenters. The van der Waals surface area contributed by atoms with Crippen LogP contribution in [0.1, 0.15) is 35.7 Å². The molecule has 9 heteroatoms. The molecule has 0 fully saturated rings. The van der Waals surface area contributed by atoms with Gasteiger partial charge in [0.1, 0.15) is 0 Å². The number of hydrogen-bond acceptors (Lipinski definition) is 5. The number of anilines is 1. The van der Waals surface area contributed by atoms with Gasteiger partial charge in [0.2, 0.25) is 0 Å². The fourth-order valence-electron chi connectivity index (χ4n) is 3.58. The molecular formula is C24H30N4O5. The van der Waals surface area contributed by atoms with Crippen molar-refractivity contribution >= 4 is 28.8 Å². The predicted octanol–water partition coefficient (Wildman–Crippen LogP) is 3.22. The molecule has 1 heterocycles. The lowest BCUT2D eigenvalue weighted by Crippen LogP contribution is -2.32. The lowest BCUT2D eigenvalue weighted by Gasteiger charge is -2.21. The minimum Gasteiger partial charge on any atom is -0.465 e. The summed E-state index contributed by atoms with van der Waals surface area (Å²) in [7, 11) is 3.88. The number of carbonyl (C=O) groups excluding carboxylic acids is 1. The first-order chi connectivity index (χ1) is 15.8. The SMILES string of the molecule is CCCNC(=O)c1ccc2oc(=O)n(Cc3cccc(N(CCCN(C)C)C(=O)O)c3)c2c1. The van der Waals surface area contributed by atoms with Gasteiger partial charge in [0.15, 0.2) is 5.58 Å². The van der Waals surface area contributed by atoms with Crippen LogP contribution in [0.5, 0.6) is 0 Å². The van der Waals surface area contributed by atoms with Gasteiger partial charge in [-0.25, -0.2) is 9.59 Å². The highest BCUT2D eigenvalue weighted by Crippen LogP contribution is 2.20. The zero-order chi connectivity index (χ0) is 24.0. The summed E-state index contributed by atoms with van der Waals surface area (Å²) in [5.41, 5.74) is 2.63. The summed E-state index contributed by atoms with van der Waals surface area (Å²) >= 11 is 0. The number of aromatic nitrogens is 1. The predicted molar refractivity (Wildman–Crippen MR) is 127 cm³/mol. The van der Waals surface area contributed by atoms with Gasteiger partial charge in [-0.2, -0.15) is 0 Å². The van der Waals surface area contributed by atoms with Crippen LogP contribution in [0.25, 0.3) is 11.1 Å². The first-order valence-electron chi connectivity index (χ1n) is 11.0. The van der Waals surface area contributed by atoms with Gasteiger partial charge in [-0.1, -0.05) is 19.1 Å². The molecule has 176 valence electrons. The second-order valence-corrected chi connectivity index (χ2v) is 8.15. The van der Waals surface area contributed by atoms with E-state index in [2.05, 4.69) is 5.32 Å². The van der Waals surface area contributed by atoms with Crippen molar-refractivity contribution in [2.75, 3.05) is 38.6 Å². The van der Waals surface area contributed by atoms with E-state index >= 15 is 0 Å². The number of nitrogens with zero attached hydrogens (tertiary/aromatic N) is 3. The number of amides is 2. The largest absolute Gasteiger partial charge is 0.465 e. The molecule has 9 nitrogen and oxygen atoms in total. The third kappa shape index (κ3) is 6.01. The number of hydrogen-bond donors (Lipinski definition) is 2. The van der Waals surface area contributed by atoms with Crippen LogP contribution in [0.15, 0.2) is 51.7 Å². The van der Waals surface area contributed by atoms with E-state index in [-0.39, 0.29) is 12.5 Å². The number of nitrogens with one attached hydrogen (secondary N) is 1. The number of carbonyl (C=O) groups is 2. The van der Waals surface area contributed by atoms with E-state index in [9.17, 15) is 19.5 Å². The molecule has 2 N–H and O–H groups in total. The van der Waals surface area contributed by atoms with Gasteiger partial charge in [-0.15, -0.1) is 0 Å². The molecule has 2 amide bonds. The van der Waals surface area contributed by atoms with Crippen LogP contribution in [-0.2, 0) is 6.54 Å². The summed E-state index contributed by atoms with van der Waals surface area (Å²) in [5.74, 6) is -0.752. The van der Waals surface area contributed by atoms with Gasteiger partial charge in [0.25, 0.3) is 5.91 Å². The van der Waals surface area contributed by atoms with E-state index in [0.29, 0.717) is 41.9 Å². The Bertz CT molecular complexity index is 1180. The molecule has 0 saturated carbocycles. The van der Waals surface area contributed by atoms with E-state index < -0.39 is 11.8 Å². The first-order valence-corrected chi connectivity index (χ1v) is 11.0. The van der Waals surface area contributed by atoms with Crippen molar-refractivity contribution in [3.8, 4) is 0 Å². The molecule has 0 bridgehead atoms. The zero-order valence-corrected chi connectivity index (χ0v) is 19.2. The maximum atomic E-state index is 12.5. The molecule has 1 aromatic heterocycles. The summed E-state index contributed by atoms with van der Waals surface area (Å²) < 4.78 is 6.79. The molecular weight excluding hydrogens is 424 g/mol. The molecule has 0 aliphatic rings. The second kappa shape index (κ2) is 10.8. The zero-order valence-electron chi connectivity index (χ0n) is 19.2. The van der Waals surface area contributed by atoms with Gasteiger partial charge < -0.3 is 19.7 Å². The Morgan fingerprint density at radius 3 is 2.61 bits per heavy atom. The Morgan fingerprint density at radius 1 is 1.12 bits per heavy atom. The highest BCUT2D eigenvalue weighted by molar-refractivity contribution is 5.97. The fourth-order valence-corrected chi connectivity index (χ4v) is 3.58. The normalized spacial score (nSPS) is 11.2. The molecule has 3 aromatic rings. The minimum absolute atomic E-state index is 0.185. The van der Waals surface area contributed by atoms with Crippen LogP contribution < -0.4 is 16.0 Å². The molecule has 3 rings (SSSR count). The average molecular weight is 455 g/mol. The van der Waals surface area contributed by atoms with E-state index in [1.165, 1.54) is 9.47 Å². The quantitative estimate of drug-likeness (QED) is 0.487. The minimum atomic E-state index is -1.03. The summed E-state index contributed by atoms with van der Waals surface area (Å²) in [6.45, 7) is 3.86. The van der Waals surface area contributed by atoms with Crippen LogP contribution in [-0.4, -0.2) is 60.3 Å². The van der Waals surface area contributed by atoms with Gasteiger partial charge >= 0.3 is 11.8 Å². The van der Waals surface area contributed by atoms with Crippen molar-refractivity contribution in [3.05, 3.63) is 64.1 Å². The summed E-state index contributed by atoms with van der Waals surface area (Å²) in [6, 6.07) is 12.0. The number of fused-ring (bicyclic) bond motifs is 1. The molecule has 0 unspecified atom stereocenters. The monoisotopic (exact) mass is 454 g/mol. The molecule has 0 radical (unpaired) electrons. The van der Waals surface area contributed by atoms with Gasteiger partial charge in [-0.05, 0) is 69.4 Å². The molecule has 0 spiro atoms. The van der Waals surface area contributed by atoms with E-state index in [0.717, 1.165) is 18.5 Å². The summed E-state index contributed by atoms with van der Waals surface area (Å²) in [5, 5.41) is 12.5. The maximum absolute atomic E-state index is 12.5. The third-order valence-electron chi connectivity index (χ3n) is 5.25. The van der Waals surface area contributed by atoms with Gasteiger partial charge in [0, 0.05) is 24.3 Å². The molecule has 33 heavy (non-hydrogen) atoms. The number of carboxylic acid groups (broad SMARTS) is 1. The van der Waals surface area contributed by atoms with Crippen LogP contribution in [0.3, 0.4) is 0 Å². The topological polar surface area (TPSA) is 108 Å². The van der Waals surface area contributed by atoms with Crippen molar-refractivity contribution in [1.29, 1.82) is 0 Å². The molecule has 2 aromatic carbocycles. The highest BCUT2D eigenvalue weighted by Gasteiger charge is 2.16.